The molecule has 1 unspecified atom stereocenters. The lowest BCUT2D eigenvalue weighted by Gasteiger charge is -2.39. The first kappa shape index (κ1) is 13.8. The van der Waals surface area contributed by atoms with Crippen LogP contribution in [0.4, 0.5) is 8.78 Å². The van der Waals surface area contributed by atoms with Crippen LogP contribution in [0.1, 0.15) is 47.5 Å². The molecular formula is C12H23F2NO. The van der Waals surface area contributed by atoms with Crippen molar-refractivity contribution in [1.29, 1.82) is 0 Å². The highest BCUT2D eigenvalue weighted by Gasteiger charge is 2.61. The molecule has 4 heteroatoms. The highest BCUT2D eigenvalue weighted by molar-refractivity contribution is 5.13. The van der Waals surface area contributed by atoms with E-state index in [2.05, 4.69) is 5.32 Å². The lowest BCUT2D eigenvalue weighted by molar-refractivity contribution is -0.109. The van der Waals surface area contributed by atoms with Crippen LogP contribution >= 0.6 is 0 Å². The van der Waals surface area contributed by atoms with Gasteiger partial charge in [-0.25, -0.2) is 8.78 Å². The third-order valence-corrected chi connectivity index (χ3v) is 3.37. The van der Waals surface area contributed by atoms with Crippen LogP contribution in [0.15, 0.2) is 0 Å². The smallest absolute Gasteiger partial charge is 0.259 e. The van der Waals surface area contributed by atoms with Crippen molar-refractivity contribution in [3.8, 4) is 0 Å². The zero-order valence-electron chi connectivity index (χ0n) is 10.9. The van der Waals surface area contributed by atoms with Gasteiger partial charge in [0.05, 0.1) is 11.2 Å². The van der Waals surface area contributed by atoms with Crippen LogP contribution in [-0.2, 0) is 4.74 Å². The summed E-state index contributed by atoms with van der Waals surface area (Å²) in [5, 5.41) is 3.02. The van der Waals surface area contributed by atoms with E-state index >= 15 is 0 Å². The molecule has 0 aromatic carbocycles. The fourth-order valence-corrected chi connectivity index (χ4v) is 2.74. The SMILES string of the molecule is CCCNC1(C(F)F)CC(C)(C)OC1(C)C. The van der Waals surface area contributed by atoms with E-state index in [9.17, 15) is 8.78 Å². The molecule has 0 radical (unpaired) electrons. The average molecular weight is 235 g/mol. The summed E-state index contributed by atoms with van der Waals surface area (Å²) in [6.07, 6.45) is -1.24. The second-order valence-electron chi connectivity index (χ2n) is 5.75. The first-order valence-electron chi connectivity index (χ1n) is 5.90. The third-order valence-electron chi connectivity index (χ3n) is 3.37. The Morgan fingerprint density at radius 2 is 1.81 bits per heavy atom. The number of rotatable bonds is 4. The Hall–Kier alpha value is -0.220. The Balaban J connectivity index is 3.00. The van der Waals surface area contributed by atoms with E-state index in [1.165, 1.54) is 0 Å². The van der Waals surface area contributed by atoms with Crippen molar-refractivity contribution < 1.29 is 13.5 Å². The van der Waals surface area contributed by atoms with Crippen molar-refractivity contribution in [1.82, 2.24) is 5.32 Å². The Kier molecular flexibility index (Phi) is 3.65. The minimum absolute atomic E-state index is 0.338. The molecule has 1 saturated heterocycles. The van der Waals surface area contributed by atoms with E-state index in [1.807, 2.05) is 20.8 Å². The molecule has 0 aromatic heterocycles. The minimum Gasteiger partial charge on any atom is -0.367 e. The van der Waals surface area contributed by atoms with Crippen LogP contribution in [0.5, 0.6) is 0 Å². The lowest BCUT2D eigenvalue weighted by atomic mass is 9.79. The minimum atomic E-state index is -2.42. The molecule has 0 spiro atoms. The predicted octanol–water partition coefficient (Wildman–Crippen LogP) is 2.97. The quantitative estimate of drug-likeness (QED) is 0.809. The topological polar surface area (TPSA) is 21.3 Å². The summed E-state index contributed by atoms with van der Waals surface area (Å²) >= 11 is 0. The van der Waals surface area contributed by atoms with Gasteiger partial charge in [-0.2, -0.15) is 0 Å². The average Bonchev–Trinajstić information content (AvgIpc) is 2.28. The lowest BCUT2D eigenvalue weighted by Crippen LogP contribution is -2.62. The molecule has 0 saturated carbocycles. The summed E-state index contributed by atoms with van der Waals surface area (Å²) in [7, 11) is 0. The van der Waals surface area contributed by atoms with Gasteiger partial charge in [-0.15, -0.1) is 0 Å². The maximum Gasteiger partial charge on any atom is 0.259 e. The standard InChI is InChI=1S/C12H23F2NO/c1-6-7-15-12(9(13)14)8-10(2,3)16-11(12,4)5/h9,15H,6-8H2,1-5H3. The highest BCUT2D eigenvalue weighted by Crippen LogP contribution is 2.47. The first-order valence-corrected chi connectivity index (χ1v) is 5.90. The fourth-order valence-electron chi connectivity index (χ4n) is 2.74. The molecule has 1 aliphatic rings. The molecule has 1 fully saturated rings. The zero-order chi connectivity index (χ0) is 12.6. The van der Waals surface area contributed by atoms with Gasteiger partial charge in [-0.1, -0.05) is 6.92 Å². The molecule has 2 nitrogen and oxygen atoms in total. The van der Waals surface area contributed by atoms with E-state index in [0.717, 1.165) is 6.42 Å². The molecule has 1 atom stereocenters. The predicted molar refractivity (Wildman–Crippen MR) is 60.9 cm³/mol. The molecule has 0 aliphatic carbocycles. The largest absolute Gasteiger partial charge is 0.367 e. The van der Waals surface area contributed by atoms with E-state index in [4.69, 9.17) is 4.74 Å². The van der Waals surface area contributed by atoms with E-state index in [0.29, 0.717) is 13.0 Å². The fraction of sp³-hybridized carbons (Fsp3) is 1.00. The molecule has 96 valence electrons. The van der Waals surface area contributed by atoms with E-state index in [-0.39, 0.29) is 0 Å². The third kappa shape index (κ3) is 2.23. The molecule has 1 heterocycles. The number of alkyl halides is 2. The number of hydrogen-bond donors (Lipinski definition) is 1. The summed E-state index contributed by atoms with van der Waals surface area (Å²) < 4.78 is 32.6. The van der Waals surface area contributed by atoms with Crippen molar-refractivity contribution >= 4 is 0 Å². The first-order chi connectivity index (χ1) is 7.17. The maximum atomic E-state index is 13.4. The summed E-state index contributed by atoms with van der Waals surface area (Å²) in [6, 6.07) is 0. The van der Waals surface area contributed by atoms with Crippen molar-refractivity contribution in [2.45, 2.75) is 70.6 Å². The zero-order valence-corrected chi connectivity index (χ0v) is 10.9. The van der Waals surface area contributed by atoms with Crippen LogP contribution in [-0.4, -0.2) is 29.7 Å². The maximum absolute atomic E-state index is 13.4. The second kappa shape index (κ2) is 4.22. The van der Waals surface area contributed by atoms with Gasteiger partial charge in [0.1, 0.15) is 5.54 Å². The summed E-state index contributed by atoms with van der Waals surface area (Å²) in [6.45, 7) is 9.79. The molecule has 0 bridgehead atoms. The van der Waals surface area contributed by atoms with Gasteiger partial charge in [-0.3, -0.25) is 0 Å². The normalized spacial score (nSPS) is 32.2. The van der Waals surface area contributed by atoms with Gasteiger partial charge in [0.15, 0.2) is 0 Å². The van der Waals surface area contributed by atoms with Crippen molar-refractivity contribution in [2.24, 2.45) is 0 Å². The van der Waals surface area contributed by atoms with Gasteiger partial charge in [-0.05, 0) is 40.7 Å². The molecule has 1 N–H and O–H groups in total. The molecule has 1 rings (SSSR count). The number of hydrogen-bond acceptors (Lipinski definition) is 2. The Labute approximate surface area is 96.7 Å². The molecule has 0 aromatic rings. The molecule has 16 heavy (non-hydrogen) atoms. The molecular weight excluding hydrogens is 212 g/mol. The number of ether oxygens (including phenoxy) is 1. The highest BCUT2D eigenvalue weighted by atomic mass is 19.3. The van der Waals surface area contributed by atoms with Crippen molar-refractivity contribution in [2.75, 3.05) is 6.54 Å². The number of halogens is 2. The molecule has 0 amide bonds. The van der Waals surface area contributed by atoms with Gasteiger partial charge in [0.2, 0.25) is 0 Å². The van der Waals surface area contributed by atoms with Crippen molar-refractivity contribution in [3.63, 3.8) is 0 Å². The summed E-state index contributed by atoms with van der Waals surface area (Å²) in [4.78, 5) is 0. The molecule has 1 aliphatic heterocycles. The second-order valence-corrected chi connectivity index (χ2v) is 5.75. The van der Waals surface area contributed by atoms with Crippen LogP contribution in [0.25, 0.3) is 0 Å². The van der Waals surface area contributed by atoms with Crippen LogP contribution in [0, 0.1) is 0 Å². The van der Waals surface area contributed by atoms with E-state index < -0.39 is 23.2 Å². The van der Waals surface area contributed by atoms with Gasteiger partial charge in [0.25, 0.3) is 6.43 Å². The summed E-state index contributed by atoms with van der Waals surface area (Å²) in [5.74, 6) is 0. The summed E-state index contributed by atoms with van der Waals surface area (Å²) in [5.41, 5.74) is -2.58. The van der Waals surface area contributed by atoms with E-state index in [1.54, 1.807) is 13.8 Å². The Morgan fingerprint density at radius 1 is 1.25 bits per heavy atom. The Morgan fingerprint density at radius 3 is 2.12 bits per heavy atom. The monoisotopic (exact) mass is 235 g/mol. The van der Waals surface area contributed by atoms with Crippen molar-refractivity contribution in [3.05, 3.63) is 0 Å². The Bertz CT molecular complexity index is 253. The van der Waals surface area contributed by atoms with Crippen LogP contribution < -0.4 is 5.32 Å². The van der Waals surface area contributed by atoms with Gasteiger partial charge >= 0.3 is 0 Å². The van der Waals surface area contributed by atoms with Gasteiger partial charge < -0.3 is 10.1 Å². The van der Waals surface area contributed by atoms with Gasteiger partial charge in [0, 0.05) is 6.42 Å². The number of nitrogens with one attached hydrogen (secondary N) is 1. The van der Waals surface area contributed by atoms with Crippen LogP contribution in [0.2, 0.25) is 0 Å². The van der Waals surface area contributed by atoms with Crippen LogP contribution in [0.3, 0.4) is 0 Å².